The van der Waals surface area contributed by atoms with Gasteiger partial charge in [0.25, 0.3) is 0 Å². The van der Waals surface area contributed by atoms with Crippen LogP contribution in [0.5, 0.6) is 0 Å². The third kappa shape index (κ3) is 35.5. The van der Waals surface area contributed by atoms with Crippen molar-refractivity contribution in [1.82, 2.24) is 0 Å². The average Bonchev–Trinajstić information content (AvgIpc) is 1.89. The fraction of sp³-hybridized carbons (Fsp3) is 1.00. The third-order valence-electron chi connectivity index (χ3n) is 0.272. The van der Waals surface area contributed by atoms with Crippen molar-refractivity contribution in [3.05, 3.63) is 0 Å². The van der Waals surface area contributed by atoms with Crippen molar-refractivity contribution < 1.29 is 25.9 Å². The molecule has 0 saturated heterocycles. The van der Waals surface area contributed by atoms with E-state index in [0.29, 0.717) is 0 Å². The Labute approximate surface area is 89.8 Å². The Balaban J connectivity index is -0.000000107. The molecular weight excluding hydrogens is 391 g/mol. The summed E-state index contributed by atoms with van der Waals surface area (Å²) in [6.07, 6.45) is 0. The van der Waals surface area contributed by atoms with Crippen molar-refractivity contribution in [2.45, 2.75) is 0 Å². The molecule has 0 bridgehead atoms. The Morgan fingerprint density at radius 1 is 1.00 bits per heavy atom. The molecule has 0 rings (SSSR count). The first-order chi connectivity index (χ1) is 4.54. The molecule has 2 unspecified atom stereocenters. The van der Waals surface area contributed by atoms with Gasteiger partial charge in [0.15, 0.2) is 0 Å². The number of rotatable bonds is 2. The van der Waals surface area contributed by atoms with Crippen molar-refractivity contribution in [1.29, 1.82) is 0 Å². The van der Waals surface area contributed by atoms with Gasteiger partial charge < -0.3 is 17.5 Å². The molecule has 66 valence electrons. The number of hydrogen-bond donors (Lipinski definition) is 0. The first-order valence-electron chi connectivity index (χ1n) is 1.82. The van der Waals surface area contributed by atoms with Gasteiger partial charge in [-0.2, -0.15) is 0 Å². The second kappa shape index (κ2) is 13.6. The van der Waals surface area contributed by atoms with Crippen LogP contribution in [-0.4, -0.2) is 59.0 Å². The van der Waals surface area contributed by atoms with Gasteiger partial charge in [0.2, 0.25) is 0 Å². The predicted octanol–water partition coefficient (Wildman–Crippen LogP) is -1.53. The third-order valence-corrected chi connectivity index (χ3v) is 0.816. The summed E-state index contributed by atoms with van der Waals surface area (Å²) in [6, 6.07) is 0. The molecule has 0 heterocycles. The smallest absolute Gasteiger partial charge is 0.750 e. The molecule has 0 aliphatic carbocycles. The molecule has 0 aromatic rings. The van der Waals surface area contributed by atoms with E-state index in [1.165, 1.54) is 0 Å². The van der Waals surface area contributed by atoms with E-state index in [9.17, 15) is 0 Å². The monoisotopic (exact) mass is 398 g/mol. The quantitative estimate of drug-likeness (QED) is 0.414. The summed E-state index contributed by atoms with van der Waals surface area (Å²) in [5.74, 6) is 0. The Morgan fingerprint density at radius 3 is 1.09 bits per heavy atom. The van der Waals surface area contributed by atoms with Gasteiger partial charge in [0.05, 0.1) is 36.9 Å². The molecule has 6 nitrogen and oxygen atoms in total. The Morgan fingerprint density at radius 2 is 1.09 bits per heavy atom. The molecule has 0 fully saturated rings. The summed E-state index contributed by atoms with van der Waals surface area (Å²) >= 11 is -4.65. The van der Waals surface area contributed by atoms with E-state index in [1.54, 1.807) is 0 Å². The van der Waals surface area contributed by atoms with Crippen molar-refractivity contribution in [2.75, 3.05) is 14.2 Å². The van der Waals surface area contributed by atoms with Crippen molar-refractivity contribution in [3.8, 4) is 0 Å². The van der Waals surface area contributed by atoms with Crippen LogP contribution in [0.2, 0.25) is 0 Å². The molecule has 0 amide bonds. The van der Waals surface area contributed by atoms with E-state index in [1.807, 2.05) is 0 Å². The molecule has 0 aromatic carbocycles. The van der Waals surface area contributed by atoms with Crippen molar-refractivity contribution in [2.24, 2.45) is 0 Å². The zero-order valence-electron chi connectivity index (χ0n) is 5.77. The van der Waals surface area contributed by atoms with E-state index in [2.05, 4.69) is 8.37 Å². The fourth-order valence-electron chi connectivity index (χ4n) is 0. The SMILES string of the molecule is COS(=O)[O-].COS(=O)[O-].[Pb+2]. The van der Waals surface area contributed by atoms with Crippen LogP contribution in [0.15, 0.2) is 0 Å². The summed E-state index contributed by atoms with van der Waals surface area (Å²) < 4.78 is 43.9. The molecule has 0 spiro atoms. The summed E-state index contributed by atoms with van der Waals surface area (Å²) in [5, 5.41) is 0. The molecule has 2 atom stereocenters. The van der Waals surface area contributed by atoms with Crippen LogP contribution >= 0.6 is 0 Å². The van der Waals surface area contributed by atoms with Crippen LogP contribution in [0, 0.1) is 0 Å². The zero-order chi connectivity index (χ0) is 8.57. The number of hydrogen-bond acceptors (Lipinski definition) is 6. The van der Waals surface area contributed by atoms with Gasteiger partial charge in [-0.05, 0) is 0 Å². The molecule has 9 heteroatoms. The summed E-state index contributed by atoms with van der Waals surface area (Å²) in [7, 11) is 2.17. The van der Waals surface area contributed by atoms with E-state index in [0.717, 1.165) is 14.2 Å². The first kappa shape index (κ1) is 18.0. The first-order valence-corrected chi connectivity index (χ1v) is 3.82. The largest absolute Gasteiger partial charge is 2.00 e. The minimum Gasteiger partial charge on any atom is -0.750 e. The van der Waals surface area contributed by atoms with Gasteiger partial charge in [0.1, 0.15) is 0 Å². The molecule has 0 aliphatic heterocycles. The molecule has 0 aromatic heterocycles. The van der Waals surface area contributed by atoms with Crippen LogP contribution in [0.3, 0.4) is 0 Å². The maximum absolute atomic E-state index is 9.15. The molecule has 0 N–H and O–H groups in total. The molecular formula is C2H6O6PbS2. The van der Waals surface area contributed by atoms with Crippen LogP contribution in [-0.2, 0) is 31.1 Å². The molecule has 0 aliphatic rings. The van der Waals surface area contributed by atoms with E-state index < -0.39 is 22.7 Å². The summed E-state index contributed by atoms with van der Waals surface area (Å²) in [4.78, 5) is 0. The maximum atomic E-state index is 9.15. The van der Waals surface area contributed by atoms with Crippen LogP contribution in [0.25, 0.3) is 0 Å². The van der Waals surface area contributed by atoms with Gasteiger partial charge in [0, 0.05) is 0 Å². The Bertz CT molecular complexity index is 103. The van der Waals surface area contributed by atoms with Gasteiger partial charge >= 0.3 is 27.3 Å². The normalized spacial score (nSPS) is 13.5. The van der Waals surface area contributed by atoms with Gasteiger partial charge in [-0.15, -0.1) is 0 Å². The fourth-order valence-corrected chi connectivity index (χ4v) is 0. The van der Waals surface area contributed by atoms with Crippen LogP contribution < -0.4 is 0 Å². The average molecular weight is 397 g/mol. The Hall–Kier alpha value is 1.06. The zero-order valence-corrected chi connectivity index (χ0v) is 11.3. The second-order valence-electron chi connectivity index (χ2n) is 0.742. The van der Waals surface area contributed by atoms with Crippen LogP contribution in [0.4, 0.5) is 0 Å². The van der Waals surface area contributed by atoms with Gasteiger partial charge in [-0.3, -0.25) is 0 Å². The maximum Gasteiger partial charge on any atom is 2.00 e. The van der Waals surface area contributed by atoms with Crippen molar-refractivity contribution >= 4 is 50.0 Å². The van der Waals surface area contributed by atoms with Crippen LogP contribution in [0.1, 0.15) is 0 Å². The summed E-state index contributed by atoms with van der Waals surface area (Å²) in [6.45, 7) is 0. The molecule has 0 saturated carbocycles. The topological polar surface area (TPSA) is 98.7 Å². The molecule has 11 heavy (non-hydrogen) atoms. The van der Waals surface area contributed by atoms with Gasteiger partial charge in [-0.1, -0.05) is 0 Å². The second-order valence-corrected chi connectivity index (χ2v) is 2.22. The van der Waals surface area contributed by atoms with E-state index in [-0.39, 0.29) is 27.3 Å². The minimum absolute atomic E-state index is 0. The summed E-state index contributed by atoms with van der Waals surface area (Å²) in [5.41, 5.74) is 0. The minimum atomic E-state index is -2.32. The molecule has 2 radical (unpaired) electrons. The van der Waals surface area contributed by atoms with E-state index in [4.69, 9.17) is 17.5 Å². The standard InChI is InChI=1S/2CH4O3S.Pb/c2*1-4-5(2)3;/h2*1H3,(H,2,3);/q;;+2/p-2. The predicted molar refractivity (Wildman–Crippen MR) is 37.6 cm³/mol. The van der Waals surface area contributed by atoms with Crippen molar-refractivity contribution in [3.63, 3.8) is 0 Å². The Kier molecular flexibility index (Phi) is 22.3. The van der Waals surface area contributed by atoms with E-state index >= 15 is 0 Å². The van der Waals surface area contributed by atoms with Gasteiger partial charge in [-0.25, -0.2) is 8.42 Å².